The Labute approximate surface area is 354 Å². The zero-order valence-electron chi connectivity index (χ0n) is 31.5. The van der Waals surface area contributed by atoms with Crippen molar-refractivity contribution in [3.8, 4) is 17.2 Å². The van der Waals surface area contributed by atoms with Crippen molar-refractivity contribution < 1.29 is 36.6 Å². The molecule has 0 unspecified atom stereocenters. The predicted molar refractivity (Wildman–Crippen MR) is 228 cm³/mol. The van der Waals surface area contributed by atoms with Gasteiger partial charge in [0.25, 0.3) is 20.0 Å². The van der Waals surface area contributed by atoms with E-state index in [-0.39, 0.29) is 89.4 Å². The largest absolute Gasteiger partial charge is 0.506 e. The van der Waals surface area contributed by atoms with Gasteiger partial charge in [-0.3, -0.25) is 19.2 Å². The minimum Gasteiger partial charge on any atom is -0.506 e. The number of nitrogens with zero attached hydrogens (tertiary/aromatic N) is 6. The average Bonchev–Trinajstić information content (AvgIpc) is 3.61. The highest BCUT2D eigenvalue weighted by atomic mass is 35.5. The van der Waals surface area contributed by atoms with Gasteiger partial charge < -0.3 is 25.2 Å². The minimum absolute atomic E-state index is 0.00753. The number of hydrogen-bond donors (Lipinski definition) is 5. The summed E-state index contributed by atoms with van der Waals surface area (Å²) in [6, 6.07) is 11.9. The number of aryl methyl sites for hydroxylation is 2. The van der Waals surface area contributed by atoms with Crippen LogP contribution in [0.2, 0.25) is 15.1 Å². The van der Waals surface area contributed by atoms with Gasteiger partial charge in [0, 0.05) is 19.5 Å². The highest BCUT2D eigenvalue weighted by molar-refractivity contribution is 7.93. The van der Waals surface area contributed by atoms with Gasteiger partial charge in [-0.1, -0.05) is 41.7 Å². The molecule has 22 heteroatoms. The molecule has 0 spiro atoms. The number of anilines is 4. The quantitative estimate of drug-likeness (QED) is 0.0430. The van der Waals surface area contributed by atoms with Crippen molar-refractivity contribution in [3.63, 3.8) is 0 Å². The molecule has 1 amide bonds. The summed E-state index contributed by atoms with van der Waals surface area (Å²) in [5, 5.41) is 35.5. The van der Waals surface area contributed by atoms with E-state index in [2.05, 4.69) is 41.8 Å². The van der Waals surface area contributed by atoms with Crippen LogP contribution in [0, 0.1) is 13.8 Å². The number of aromatic hydroxyl groups is 2. The molecule has 1 saturated heterocycles. The molecule has 1 aliphatic rings. The number of amides is 1. The van der Waals surface area contributed by atoms with Crippen LogP contribution in [0.1, 0.15) is 24.5 Å². The van der Waals surface area contributed by atoms with Crippen molar-refractivity contribution in [3.05, 3.63) is 87.0 Å². The van der Waals surface area contributed by atoms with E-state index in [9.17, 15) is 31.8 Å². The molecule has 59 heavy (non-hydrogen) atoms. The van der Waals surface area contributed by atoms with E-state index in [1.807, 2.05) is 0 Å². The van der Waals surface area contributed by atoms with Crippen LogP contribution in [0.25, 0.3) is 5.69 Å². The second kappa shape index (κ2) is 17.4. The van der Waals surface area contributed by atoms with Crippen LogP contribution in [0.3, 0.4) is 0 Å². The van der Waals surface area contributed by atoms with Crippen LogP contribution in [0.5, 0.6) is 11.5 Å². The average molecular weight is 905 g/mol. The molecule has 1 fully saturated rings. The van der Waals surface area contributed by atoms with Gasteiger partial charge in [0.05, 0.1) is 68.6 Å². The molecule has 17 nitrogen and oxygen atoms in total. The third kappa shape index (κ3) is 9.40. The third-order valence-electron chi connectivity index (χ3n) is 9.03. The van der Waals surface area contributed by atoms with Gasteiger partial charge in [0.1, 0.15) is 21.2 Å². The Morgan fingerprint density at radius 1 is 0.847 bits per heavy atom. The van der Waals surface area contributed by atoms with Crippen LogP contribution in [0.15, 0.2) is 85.8 Å². The van der Waals surface area contributed by atoms with Crippen LogP contribution in [-0.4, -0.2) is 75.8 Å². The molecular formula is C37H36Cl3N9O8S2. The molecule has 5 aromatic rings. The fraction of sp³-hybridized carbons (Fsp3) is 0.216. The van der Waals surface area contributed by atoms with Gasteiger partial charge in [-0.25, -0.2) is 21.5 Å². The molecular weight excluding hydrogens is 869 g/mol. The summed E-state index contributed by atoms with van der Waals surface area (Å²) in [6.45, 7) is 10.1. The van der Waals surface area contributed by atoms with Crippen molar-refractivity contribution in [2.45, 2.75) is 37.0 Å². The summed E-state index contributed by atoms with van der Waals surface area (Å²) < 4.78 is 67.2. The van der Waals surface area contributed by atoms with Crippen LogP contribution in [0.4, 0.5) is 39.9 Å². The van der Waals surface area contributed by atoms with Crippen molar-refractivity contribution >= 4 is 107 Å². The summed E-state index contributed by atoms with van der Waals surface area (Å²) in [5.74, 6) is -1.03. The smallest absolute Gasteiger partial charge is 0.264 e. The van der Waals surface area contributed by atoms with Crippen molar-refractivity contribution in [1.82, 2.24) is 9.78 Å². The SMILES string of the molecule is C=Nc1cnn(-c2cc(Cl)c(S(=O)(=O)Nc3ccc(N4CCOCC4)c(S(=O)(=O)Nc4cc(C)c(C)cc4O)c3)cc2Cl)c1N=Nc1cc(Cl)c(O)c(NC(=O)CC)c1. The number of hydrogen-bond acceptors (Lipinski definition) is 13. The first-order valence-electron chi connectivity index (χ1n) is 17.5. The number of rotatable bonds is 13. The van der Waals surface area contributed by atoms with E-state index < -0.39 is 24.9 Å². The zero-order chi connectivity index (χ0) is 42.8. The maximum absolute atomic E-state index is 14.0. The van der Waals surface area contributed by atoms with E-state index >= 15 is 0 Å². The molecule has 2 heterocycles. The Bertz CT molecular complexity index is 2740. The highest BCUT2D eigenvalue weighted by Crippen LogP contribution is 2.41. The number of phenols is 2. The number of carbonyl (C=O) groups is 1. The van der Waals surface area contributed by atoms with Crippen LogP contribution in [-0.2, 0) is 29.6 Å². The van der Waals surface area contributed by atoms with Crippen molar-refractivity contribution in [1.29, 1.82) is 0 Å². The lowest BCUT2D eigenvalue weighted by molar-refractivity contribution is -0.115. The molecule has 1 aliphatic heterocycles. The monoisotopic (exact) mass is 903 g/mol. The third-order valence-corrected chi connectivity index (χ3v) is 12.9. The maximum atomic E-state index is 14.0. The summed E-state index contributed by atoms with van der Waals surface area (Å²) in [5.41, 5.74) is 1.96. The summed E-state index contributed by atoms with van der Waals surface area (Å²) >= 11 is 19.4. The molecule has 0 bridgehead atoms. The Hall–Kier alpha value is -5.44. The number of sulfonamides is 2. The number of halogens is 3. The molecule has 1 aromatic heterocycles. The van der Waals surface area contributed by atoms with E-state index in [1.54, 1.807) is 25.7 Å². The Morgan fingerprint density at radius 3 is 2.24 bits per heavy atom. The number of nitrogens with one attached hydrogen (secondary N) is 3. The Morgan fingerprint density at radius 2 is 1.54 bits per heavy atom. The number of morpholine rings is 1. The molecule has 310 valence electrons. The van der Waals surface area contributed by atoms with Gasteiger partial charge in [0.15, 0.2) is 5.75 Å². The summed E-state index contributed by atoms with van der Waals surface area (Å²) in [4.78, 5) is 17.0. The molecule has 6 rings (SSSR count). The molecule has 5 N–H and O–H groups in total. The lowest BCUT2D eigenvalue weighted by Crippen LogP contribution is -2.37. The van der Waals surface area contributed by atoms with E-state index in [0.29, 0.717) is 26.3 Å². The highest BCUT2D eigenvalue weighted by Gasteiger charge is 2.28. The standard InChI is InChI=1S/C37H36Cl3N9O8S2/c1-5-35(51)43-28-15-23(14-26(40)36(28)52)44-45-37-29(41-4)19-42-49(37)31-17-25(39)33(18-24(31)38)58(53,54)46-22-6-7-30(48-8-10-57-11-9-48)34(16-22)59(55,56)47-27-12-20(2)21(3)13-32(27)50/h6-7,12-19,46-47,50,52H,4-5,8-11H2,1-3H3,(H,43,51). The second-order valence-electron chi connectivity index (χ2n) is 13.0. The first-order valence-corrected chi connectivity index (χ1v) is 21.6. The second-order valence-corrected chi connectivity index (χ2v) is 17.6. The molecule has 0 saturated carbocycles. The van der Waals surface area contributed by atoms with Gasteiger partial charge in [-0.2, -0.15) is 5.10 Å². The minimum atomic E-state index is -4.54. The summed E-state index contributed by atoms with van der Waals surface area (Å²) in [7, 11) is -8.96. The molecule has 4 aromatic carbocycles. The fourth-order valence-corrected chi connectivity index (χ4v) is 9.27. The Balaban J connectivity index is 1.33. The fourth-order valence-electron chi connectivity index (χ4n) is 5.83. The van der Waals surface area contributed by atoms with Gasteiger partial charge in [0.2, 0.25) is 11.7 Å². The first-order chi connectivity index (χ1) is 27.9. The van der Waals surface area contributed by atoms with Crippen LogP contribution >= 0.6 is 34.8 Å². The number of aromatic nitrogens is 2. The number of benzene rings is 4. The van der Waals surface area contributed by atoms with E-state index in [0.717, 1.165) is 17.2 Å². The normalized spacial score (nSPS) is 13.4. The predicted octanol–water partition coefficient (Wildman–Crippen LogP) is 8.39. The number of azo groups is 1. The first kappa shape index (κ1) is 43.1. The lowest BCUT2D eigenvalue weighted by atomic mass is 10.1. The van der Waals surface area contributed by atoms with E-state index in [4.69, 9.17) is 39.5 Å². The van der Waals surface area contributed by atoms with Crippen LogP contribution < -0.4 is 19.7 Å². The van der Waals surface area contributed by atoms with Gasteiger partial charge in [-0.05, 0) is 86.3 Å². The Kier molecular flexibility index (Phi) is 12.7. The summed E-state index contributed by atoms with van der Waals surface area (Å²) in [6.07, 6.45) is 1.44. The number of aliphatic imine (C=N–C) groups is 1. The van der Waals surface area contributed by atoms with Gasteiger partial charge in [-0.15, -0.1) is 10.2 Å². The molecule has 0 aliphatic carbocycles. The maximum Gasteiger partial charge on any atom is 0.264 e. The van der Waals surface area contributed by atoms with E-state index in [1.165, 1.54) is 59.4 Å². The van der Waals surface area contributed by atoms with Crippen molar-refractivity contribution in [2.24, 2.45) is 15.2 Å². The molecule has 0 radical (unpaired) electrons. The van der Waals surface area contributed by atoms with Crippen molar-refractivity contribution in [2.75, 3.05) is 46.0 Å². The molecule has 0 atom stereocenters. The zero-order valence-corrected chi connectivity index (χ0v) is 35.4. The van der Waals surface area contributed by atoms with Gasteiger partial charge >= 0.3 is 0 Å². The topological polar surface area (TPSA) is 229 Å². The number of phenolic OH excluding ortho intramolecular Hbond substituents is 2. The number of carbonyl (C=O) groups excluding carboxylic acids is 1. The number of ether oxygens (including phenoxy) is 1. The lowest BCUT2D eigenvalue weighted by Gasteiger charge is -2.30.